The van der Waals surface area contributed by atoms with E-state index >= 15 is 0 Å². The summed E-state index contributed by atoms with van der Waals surface area (Å²) < 4.78 is 9.93. The van der Waals surface area contributed by atoms with Crippen molar-refractivity contribution in [3.8, 4) is 0 Å². The fourth-order valence-corrected chi connectivity index (χ4v) is 1.82. The molecule has 1 rings (SSSR count). The molecular weight excluding hydrogens is 192 g/mol. The fourth-order valence-electron chi connectivity index (χ4n) is 1.82. The molecule has 1 aliphatic rings. The molecule has 0 radical (unpaired) electrons. The first-order chi connectivity index (χ1) is 5.62. The van der Waals surface area contributed by atoms with E-state index in [1.807, 2.05) is 6.92 Å². The number of methoxy groups -OCH3 is 2. The molecule has 2 atom stereocenters. The van der Waals surface area contributed by atoms with Crippen molar-refractivity contribution < 1.29 is 14.3 Å². The van der Waals surface area contributed by atoms with Crippen LogP contribution in [0.4, 0.5) is 0 Å². The Hall–Kier alpha value is -0.280. The number of hydrogen-bond acceptors (Lipinski definition) is 3. The van der Waals surface area contributed by atoms with Gasteiger partial charge < -0.3 is 9.47 Å². The standard InChI is InChI=1S/C9H16O3.ClH/c1-9(8(10)12-3)5-4-7(6-9)11-2;/h7H,4-6H2,1-3H3;1H. The lowest BCUT2D eigenvalue weighted by Crippen LogP contribution is -2.26. The van der Waals surface area contributed by atoms with Crippen LogP contribution in [0, 0.1) is 5.41 Å². The lowest BCUT2D eigenvalue weighted by atomic mass is 9.89. The largest absolute Gasteiger partial charge is 0.469 e. The molecule has 3 nitrogen and oxygen atoms in total. The minimum atomic E-state index is -0.310. The van der Waals surface area contributed by atoms with Crippen molar-refractivity contribution in [2.24, 2.45) is 5.41 Å². The maximum atomic E-state index is 11.3. The van der Waals surface area contributed by atoms with E-state index in [1.54, 1.807) is 7.11 Å². The van der Waals surface area contributed by atoms with Crippen molar-refractivity contribution >= 4 is 18.4 Å². The second-order valence-electron chi connectivity index (χ2n) is 3.65. The van der Waals surface area contributed by atoms with Gasteiger partial charge in [0.25, 0.3) is 0 Å². The number of esters is 1. The van der Waals surface area contributed by atoms with Gasteiger partial charge in [0.15, 0.2) is 0 Å². The third-order valence-corrected chi connectivity index (χ3v) is 2.71. The second kappa shape index (κ2) is 4.82. The Bertz CT molecular complexity index is 184. The Morgan fingerprint density at radius 2 is 2.08 bits per heavy atom. The molecule has 0 amide bonds. The molecule has 0 bridgehead atoms. The Kier molecular flexibility index (Phi) is 4.71. The normalized spacial score (nSPS) is 32.4. The maximum Gasteiger partial charge on any atom is 0.311 e. The molecule has 1 saturated carbocycles. The van der Waals surface area contributed by atoms with Gasteiger partial charge in [-0.2, -0.15) is 0 Å². The molecule has 0 spiro atoms. The lowest BCUT2D eigenvalue weighted by molar-refractivity contribution is -0.151. The van der Waals surface area contributed by atoms with Crippen LogP contribution in [-0.4, -0.2) is 26.3 Å². The van der Waals surface area contributed by atoms with E-state index in [1.165, 1.54) is 7.11 Å². The predicted molar refractivity (Wildman–Crippen MR) is 52.0 cm³/mol. The van der Waals surface area contributed by atoms with Gasteiger partial charge in [-0.15, -0.1) is 12.4 Å². The van der Waals surface area contributed by atoms with Crippen LogP contribution < -0.4 is 0 Å². The highest BCUT2D eigenvalue weighted by Gasteiger charge is 2.42. The molecule has 13 heavy (non-hydrogen) atoms. The summed E-state index contributed by atoms with van der Waals surface area (Å²) >= 11 is 0. The lowest BCUT2D eigenvalue weighted by Gasteiger charge is -2.19. The highest BCUT2D eigenvalue weighted by molar-refractivity contribution is 5.85. The predicted octanol–water partition coefficient (Wildman–Crippen LogP) is 1.79. The molecule has 0 aliphatic heterocycles. The number of rotatable bonds is 2. The van der Waals surface area contributed by atoms with Gasteiger partial charge in [-0.1, -0.05) is 0 Å². The summed E-state index contributed by atoms with van der Waals surface area (Å²) in [6, 6.07) is 0. The van der Waals surface area contributed by atoms with Crippen LogP contribution in [0.3, 0.4) is 0 Å². The molecule has 0 aromatic rings. The van der Waals surface area contributed by atoms with Gasteiger partial charge >= 0.3 is 5.97 Å². The van der Waals surface area contributed by atoms with Gasteiger partial charge in [-0.25, -0.2) is 0 Å². The molecule has 0 heterocycles. The number of carbonyl (C=O) groups is 1. The smallest absolute Gasteiger partial charge is 0.311 e. The third kappa shape index (κ3) is 2.58. The summed E-state index contributed by atoms with van der Waals surface area (Å²) in [5.41, 5.74) is -0.310. The summed E-state index contributed by atoms with van der Waals surface area (Å²) in [5.74, 6) is -0.109. The molecular formula is C9H17ClO3. The van der Waals surface area contributed by atoms with Crippen molar-refractivity contribution in [1.29, 1.82) is 0 Å². The minimum absolute atomic E-state index is 0. The first-order valence-electron chi connectivity index (χ1n) is 4.23. The van der Waals surface area contributed by atoms with Crippen molar-refractivity contribution in [2.45, 2.75) is 32.3 Å². The Morgan fingerprint density at radius 1 is 1.46 bits per heavy atom. The van der Waals surface area contributed by atoms with Crippen molar-refractivity contribution in [3.05, 3.63) is 0 Å². The van der Waals surface area contributed by atoms with E-state index in [-0.39, 0.29) is 29.9 Å². The van der Waals surface area contributed by atoms with Crippen molar-refractivity contribution in [1.82, 2.24) is 0 Å². The van der Waals surface area contributed by atoms with E-state index in [0.29, 0.717) is 0 Å². The third-order valence-electron chi connectivity index (χ3n) is 2.71. The Balaban J connectivity index is 0.00000144. The Labute approximate surface area is 85.2 Å². The number of hydrogen-bond donors (Lipinski definition) is 0. The van der Waals surface area contributed by atoms with Gasteiger partial charge in [0.1, 0.15) is 0 Å². The summed E-state index contributed by atoms with van der Waals surface area (Å²) in [4.78, 5) is 11.3. The quantitative estimate of drug-likeness (QED) is 0.649. The van der Waals surface area contributed by atoms with E-state index in [4.69, 9.17) is 9.47 Å². The molecule has 0 N–H and O–H groups in total. The highest BCUT2D eigenvalue weighted by Crippen LogP contribution is 2.39. The van der Waals surface area contributed by atoms with Gasteiger partial charge in [0.05, 0.1) is 18.6 Å². The van der Waals surface area contributed by atoms with Gasteiger partial charge in [-0.05, 0) is 26.2 Å². The van der Waals surface area contributed by atoms with Gasteiger partial charge in [0, 0.05) is 7.11 Å². The molecule has 4 heteroatoms. The molecule has 78 valence electrons. The summed E-state index contributed by atoms with van der Waals surface area (Å²) in [5, 5.41) is 0. The molecule has 1 fully saturated rings. The van der Waals surface area contributed by atoms with Crippen LogP contribution >= 0.6 is 12.4 Å². The molecule has 2 unspecified atom stereocenters. The van der Waals surface area contributed by atoms with E-state index < -0.39 is 0 Å². The summed E-state index contributed by atoms with van der Waals surface area (Å²) in [6.45, 7) is 1.94. The highest BCUT2D eigenvalue weighted by atomic mass is 35.5. The number of ether oxygens (including phenoxy) is 2. The SMILES string of the molecule is COC(=O)C1(C)CCC(OC)C1.Cl. The summed E-state index contributed by atoms with van der Waals surface area (Å²) in [7, 11) is 3.13. The average Bonchev–Trinajstić information content (AvgIpc) is 2.47. The zero-order chi connectivity index (χ0) is 9.19. The summed E-state index contributed by atoms with van der Waals surface area (Å²) in [6.07, 6.45) is 2.85. The molecule has 0 aromatic heterocycles. The number of halogens is 1. The monoisotopic (exact) mass is 208 g/mol. The van der Waals surface area contributed by atoms with Crippen LogP contribution in [0.1, 0.15) is 26.2 Å². The van der Waals surface area contributed by atoms with Crippen LogP contribution in [0.5, 0.6) is 0 Å². The van der Waals surface area contributed by atoms with Crippen LogP contribution in [0.2, 0.25) is 0 Å². The van der Waals surface area contributed by atoms with Gasteiger partial charge in [0.2, 0.25) is 0 Å². The fraction of sp³-hybridized carbons (Fsp3) is 0.889. The topological polar surface area (TPSA) is 35.5 Å². The second-order valence-corrected chi connectivity index (χ2v) is 3.65. The van der Waals surface area contributed by atoms with Crippen LogP contribution in [0.15, 0.2) is 0 Å². The van der Waals surface area contributed by atoms with Crippen molar-refractivity contribution in [3.63, 3.8) is 0 Å². The van der Waals surface area contributed by atoms with Crippen LogP contribution in [-0.2, 0) is 14.3 Å². The van der Waals surface area contributed by atoms with E-state index in [0.717, 1.165) is 19.3 Å². The zero-order valence-electron chi connectivity index (χ0n) is 8.33. The van der Waals surface area contributed by atoms with Crippen LogP contribution in [0.25, 0.3) is 0 Å². The molecule has 1 aliphatic carbocycles. The van der Waals surface area contributed by atoms with E-state index in [9.17, 15) is 4.79 Å². The molecule has 0 aromatic carbocycles. The number of carbonyl (C=O) groups excluding carboxylic acids is 1. The maximum absolute atomic E-state index is 11.3. The first-order valence-corrected chi connectivity index (χ1v) is 4.23. The van der Waals surface area contributed by atoms with Crippen molar-refractivity contribution in [2.75, 3.05) is 14.2 Å². The minimum Gasteiger partial charge on any atom is -0.469 e. The first kappa shape index (κ1) is 12.7. The van der Waals surface area contributed by atoms with E-state index in [2.05, 4.69) is 0 Å². The Morgan fingerprint density at radius 3 is 2.46 bits per heavy atom. The average molecular weight is 209 g/mol. The zero-order valence-corrected chi connectivity index (χ0v) is 9.15. The molecule has 0 saturated heterocycles. The van der Waals surface area contributed by atoms with Gasteiger partial charge in [-0.3, -0.25) is 4.79 Å².